The summed E-state index contributed by atoms with van der Waals surface area (Å²) < 4.78 is 0. The van der Waals surface area contributed by atoms with Crippen LogP contribution >= 0.6 is 0 Å². The van der Waals surface area contributed by atoms with E-state index in [0.717, 1.165) is 31.2 Å². The zero-order valence-corrected chi connectivity index (χ0v) is 9.69. The lowest BCUT2D eigenvalue weighted by Gasteiger charge is -2.23. The summed E-state index contributed by atoms with van der Waals surface area (Å²) in [5.41, 5.74) is 11.3. The van der Waals surface area contributed by atoms with Crippen molar-refractivity contribution in [1.82, 2.24) is 9.97 Å². The molecule has 5 nitrogen and oxygen atoms in total. The fourth-order valence-electron chi connectivity index (χ4n) is 1.81. The smallest absolute Gasteiger partial charge is 0.223 e. The Morgan fingerprint density at radius 3 is 2.69 bits per heavy atom. The highest BCUT2D eigenvalue weighted by Crippen LogP contribution is 2.31. The van der Waals surface area contributed by atoms with Crippen LogP contribution in [0.2, 0.25) is 0 Å². The van der Waals surface area contributed by atoms with E-state index in [9.17, 15) is 0 Å². The van der Waals surface area contributed by atoms with Crippen molar-refractivity contribution in [2.24, 2.45) is 5.92 Å². The summed E-state index contributed by atoms with van der Waals surface area (Å²) in [6.07, 6.45) is 3.75. The lowest BCUT2D eigenvalue weighted by molar-refractivity contribution is 0.699. The summed E-state index contributed by atoms with van der Waals surface area (Å²) in [5.74, 6) is 2.38. The molecule has 0 atom stereocenters. The maximum atomic E-state index is 5.68. The zero-order chi connectivity index (χ0) is 11.5. The Morgan fingerprint density at radius 1 is 1.38 bits per heavy atom. The molecular formula is C11H19N5. The fraction of sp³-hybridized carbons (Fsp3) is 0.636. The molecule has 88 valence electrons. The van der Waals surface area contributed by atoms with E-state index in [1.807, 2.05) is 0 Å². The molecule has 1 aromatic rings. The molecule has 1 aliphatic rings. The van der Waals surface area contributed by atoms with Crippen LogP contribution in [0.1, 0.15) is 26.2 Å². The predicted molar refractivity (Wildman–Crippen MR) is 66.1 cm³/mol. The van der Waals surface area contributed by atoms with Gasteiger partial charge in [0.2, 0.25) is 5.95 Å². The standard InChI is InChI=1S/C11H19N5/c1-2-5-16(7-8-3-4-8)10-6-9(12)14-11(13)15-10/h6,8H,2-5,7H2,1H3,(H4,12,13,14,15). The van der Waals surface area contributed by atoms with Gasteiger partial charge in [0.05, 0.1) is 0 Å². The molecule has 5 heteroatoms. The molecule has 0 spiro atoms. The number of nitrogen functional groups attached to an aromatic ring is 2. The Balaban J connectivity index is 2.15. The van der Waals surface area contributed by atoms with Gasteiger partial charge in [0.25, 0.3) is 0 Å². The Hall–Kier alpha value is -1.52. The predicted octanol–water partition coefficient (Wildman–Crippen LogP) is 1.27. The molecule has 16 heavy (non-hydrogen) atoms. The molecule has 0 aromatic carbocycles. The van der Waals surface area contributed by atoms with Gasteiger partial charge in [-0.3, -0.25) is 0 Å². The molecule has 1 heterocycles. The van der Waals surface area contributed by atoms with Crippen molar-refractivity contribution in [3.63, 3.8) is 0 Å². The normalized spacial score (nSPS) is 15.1. The van der Waals surface area contributed by atoms with E-state index >= 15 is 0 Å². The quantitative estimate of drug-likeness (QED) is 0.782. The van der Waals surface area contributed by atoms with E-state index in [4.69, 9.17) is 11.5 Å². The van der Waals surface area contributed by atoms with Gasteiger partial charge in [-0.25, -0.2) is 0 Å². The average molecular weight is 221 g/mol. The van der Waals surface area contributed by atoms with E-state index in [2.05, 4.69) is 21.8 Å². The highest BCUT2D eigenvalue weighted by molar-refractivity contribution is 5.50. The number of hydrogen-bond acceptors (Lipinski definition) is 5. The van der Waals surface area contributed by atoms with Crippen molar-refractivity contribution in [3.8, 4) is 0 Å². The first-order valence-corrected chi connectivity index (χ1v) is 5.84. The Labute approximate surface area is 95.9 Å². The van der Waals surface area contributed by atoms with Gasteiger partial charge >= 0.3 is 0 Å². The van der Waals surface area contributed by atoms with Crippen molar-refractivity contribution in [3.05, 3.63) is 6.07 Å². The number of nitrogens with two attached hydrogens (primary N) is 2. The monoisotopic (exact) mass is 221 g/mol. The van der Waals surface area contributed by atoms with Crippen LogP contribution in [0.5, 0.6) is 0 Å². The van der Waals surface area contributed by atoms with E-state index in [-0.39, 0.29) is 5.95 Å². The van der Waals surface area contributed by atoms with Crippen molar-refractivity contribution < 1.29 is 0 Å². The van der Waals surface area contributed by atoms with Crippen LogP contribution in [0.3, 0.4) is 0 Å². The molecule has 0 bridgehead atoms. The lowest BCUT2D eigenvalue weighted by Crippen LogP contribution is -2.28. The molecule has 0 aliphatic heterocycles. The molecule has 0 unspecified atom stereocenters. The van der Waals surface area contributed by atoms with E-state index < -0.39 is 0 Å². The van der Waals surface area contributed by atoms with Gasteiger partial charge in [-0.1, -0.05) is 6.92 Å². The van der Waals surface area contributed by atoms with Gasteiger partial charge in [0.15, 0.2) is 0 Å². The summed E-state index contributed by atoms with van der Waals surface area (Å²) in [7, 11) is 0. The molecule has 4 N–H and O–H groups in total. The van der Waals surface area contributed by atoms with Gasteiger partial charge in [0.1, 0.15) is 11.6 Å². The highest BCUT2D eigenvalue weighted by Gasteiger charge is 2.24. The number of anilines is 3. The van der Waals surface area contributed by atoms with Crippen molar-refractivity contribution in [2.75, 3.05) is 29.5 Å². The second-order valence-electron chi connectivity index (χ2n) is 4.40. The highest BCUT2D eigenvalue weighted by atomic mass is 15.2. The second kappa shape index (κ2) is 4.55. The molecule has 1 aromatic heterocycles. The third kappa shape index (κ3) is 2.74. The van der Waals surface area contributed by atoms with Gasteiger partial charge in [-0.05, 0) is 25.2 Å². The third-order valence-corrected chi connectivity index (χ3v) is 2.74. The summed E-state index contributed by atoms with van der Waals surface area (Å²) >= 11 is 0. The number of rotatable bonds is 5. The maximum Gasteiger partial charge on any atom is 0.223 e. The number of nitrogens with zero attached hydrogens (tertiary/aromatic N) is 3. The first-order valence-electron chi connectivity index (χ1n) is 5.84. The molecule has 0 radical (unpaired) electrons. The maximum absolute atomic E-state index is 5.68. The van der Waals surface area contributed by atoms with Crippen molar-refractivity contribution in [1.29, 1.82) is 0 Å². The van der Waals surface area contributed by atoms with Gasteiger partial charge in [-0.15, -0.1) is 0 Å². The van der Waals surface area contributed by atoms with Gasteiger partial charge in [0, 0.05) is 19.2 Å². The van der Waals surface area contributed by atoms with Crippen molar-refractivity contribution in [2.45, 2.75) is 26.2 Å². The Kier molecular flexibility index (Phi) is 3.12. The van der Waals surface area contributed by atoms with Crippen LogP contribution in [-0.2, 0) is 0 Å². The van der Waals surface area contributed by atoms with Crippen LogP contribution in [0.15, 0.2) is 6.07 Å². The van der Waals surface area contributed by atoms with Crippen LogP contribution < -0.4 is 16.4 Å². The van der Waals surface area contributed by atoms with Crippen molar-refractivity contribution >= 4 is 17.6 Å². The molecule has 0 saturated heterocycles. The number of aromatic nitrogens is 2. The largest absolute Gasteiger partial charge is 0.383 e. The van der Waals surface area contributed by atoms with Crippen LogP contribution in [0.25, 0.3) is 0 Å². The minimum atomic E-state index is 0.256. The first kappa shape index (κ1) is 11.0. The minimum absolute atomic E-state index is 0.256. The first-order chi connectivity index (χ1) is 7.69. The SMILES string of the molecule is CCCN(CC1CC1)c1cc(N)nc(N)n1. The molecule has 1 saturated carbocycles. The van der Waals surface area contributed by atoms with Crippen LogP contribution in [0, 0.1) is 5.92 Å². The minimum Gasteiger partial charge on any atom is -0.383 e. The second-order valence-corrected chi connectivity index (χ2v) is 4.40. The number of hydrogen-bond donors (Lipinski definition) is 2. The van der Waals surface area contributed by atoms with E-state index in [0.29, 0.717) is 5.82 Å². The summed E-state index contributed by atoms with van der Waals surface area (Å²) in [4.78, 5) is 10.4. The fourth-order valence-corrected chi connectivity index (χ4v) is 1.81. The zero-order valence-electron chi connectivity index (χ0n) is 9.69. The third-order valence-electron chi connectivity index (χ3n) is 2.74. The van der Waals surface area contributed by atoms with E-state index in [1.54, 1.807) is 6.07 Å². The molecular weight excluding hydrogens is 202 g/mol. The molecule has 1 aliphatic carbocycles. The van der Waals surface area contributed by atoms with Crippen LogP contribution in [-0.4, -0.2) is 23.1 Å². The average Bonchev–Trinajstić information content (AvgIpc) is 2.99. The molecule has 2 rings (SSSR count). The van der Waals surface area contributed by atoms with Gasteiger partial charge < -0.3 is 16.4 Å². The Bertz CT molecular complexity index is 341. The summed E-state index contributed by atoms with van der Waals surface area (Å²) in [6.45, 7) is 4.21. The van der Waals surface area contributed by atoms with Crippen LogP contribution in [0.4, 0.5) is 17.6 Å². The molecule has 0 amide bonds. The Morgan fingerprint density at radius 2 is 2.12 bits per heavy atom. The summed E-state index contributed by atoms with van der Waals surface area (Å²) in [5, 5.41) is 0. The lowest BCUT2D eigenvalue weighted by atomic mass is 10.3. The topological polar surface area (TPSA) is 81.1 Å². The molecule has 1 fully saturated rings. The van der Waals surface area contributed by atoms with E-state index in [1.165, 1.54) is 12.8 Å². The summed E-state index contributed by atoms with van der Waals surface area (Å²) in [6, 6.07) is 1.80. The van der Waals surface area contributed by atoms with Gasteiger partial charge in [-0.2, -0.15) is 9.97 Å².